The Balaban J connectivity index is 1.72. The number of ether oxygens (including phenoxy) is 2. The Morgan fingerprint density at radius 1 is 1.00 bits per heavy atom. The van der Waals surface area contributed by atoms with Crippen molar-refractivity contribution in [2.45, 2.75) is 25.2 Å². The normalized spacial score (nSPS) is 11.3. The second-order valence-corrected chi connectivity index (χ2v) is 8.85. The van der Waals surface area contributed by atoms with Crippen molar-refractivity contribution in [1.82, 2.24) is 5.43 Å². The molecular formula is C25H26N2O6S. The van der Waals surface area contributed by atoms with Gasteiger partial charge in [-0.3, -0.25) is 4.79 Å². The molecule has 0 aliphatic carbocycles. The first-order chi connectivity index (χ1) is 16.3. The summed E-state index contributed by atoms with van der Waals surface area (Å²) >= 11 is 0. The van der Waals surface area contributed by atoms with Crippen LogP contribution in [-0.2, 0) is 10.1 Å². The van der Waals surface area contributed by atoms with Gasteiger partial charge in [0.15, 0.2) is 17.2 Å². The van der Waals surface area contributed by atoms with Crippen LogP contribution in [-0.4, -0.2) is 34.3 Å². The van der Waals surface area contributed by atoms with Crippen LogP contribution in [0, 0.1) is 6.92 Å². The molecule has 0 aliphatic rings. The first kappa shape index (κ1) is 24.8. The zero-order chi connectivity index (χ0) is 24.6. The average molecular weight is 483 g/mol. The maximum atomic E-state index is 12.6. The van der Waals surface area contributed by atoms with Gasteiger partial charge in [-0.1, -0.05) is 36.8 Å². The molecule has 1 N–H and O–H groups in total. The molecule has 0 spiro atoms. The van der Waals surface area contributed by atoms with Gasteiger partial charge >= 0.3 is 10.1 Å². The highest BCUT2D eigenvalue weighted by atomic mass is 32.2. The van der Waals surface area contributed by atoms with Gasteiger partial charge in [0.05, 0.1) is 19.9 Å². The van der Waals surface area contributed by atoms with Gasteiger partial charge in [-0.05, 0) is 55.8 Å². The molecule has 8 nitrogen and oxygen atoms in total. The van der Waals surface area contributed by atoms with Crippen molar-refractivity contribution in [3.63, 3.8) is 0 Å². The highest BCUT2D eigenvalue weighted by molar-refractivity contribution is 7.87. The minimum absolute atomic E-state index is 0.0402. The van der Waals surface area contributed by atoms with E-state index in [1.165, 1.54) is 31.5 Å². The van der Waals surface area contributed by atoms with Gasteiger partial charge in [0.1, 0.15) is 4.90 Å². The number of carbonyl (C=O) groups excluding carboxylic acids is 1. The van der Waals surface area contributed by atoms with E-state index in [0.29, 0.717) is 29.2 Å². The molecule has 0 atom stereocenters. The van der Waals surface area contributed by atoms with Crippen LogP contribution in [0.3, 0.4) is 0 Å². The largest absolute Gasteiger partial charge is 0.493 e. The number of benzene rings is 3. The van der Waals surface area contributed by atoms with Crippen molar-refractivity contribution < 1.29 is 26.9 Å². The molecule has 3 aromatic carbocycles. The third kappa shape index (κ3) is 6.35. The van der Waals surface area contributed by atoms with Crippen molar-refractivity contribution in [2.75, 3.05) is 13.7 Å². The SMILES string of the molecule is CCCOc1ccc(C(=O)N/N=C/c2ccccc2OS(=O)(=O)c2ccc(C)cc2)cc1OC. The van der Waals surface area contributed by atoms with Crippen LogP contribution in [0.5, 0.6) is 17.2 Å². The van der Waals surface area contributed by atoms with Crippen molar-refractivity contribution in [3.8, 4) is 17.2 Å². The summed E-state index contributed by atoms with van der Waals surface area (Å²) in [7, 11) is -2.53. The number of nitrogens with one attached hydrogen (secondary N) is 1. The van der Waals surface area contributed by atoms with Gasteiger partial charge < -0.3 is 13.7 Å². The van der Waals surface area contributed by atoms with Crippen molar-refractivity contribution in [1.29, 1.82) is 0 Å². The maximum Gasteiger partial charge on any atom is 0.339 e. The molecule has 0 unspecified atom stereocenters. The van der Waals surface area contributed by atoms with Crippen molar-refractivity contribution >= 4 is 22.2 Å². The maximum absolute atomic E-state index is 12.6. The molecule has 0 radical (unpaired) electrons. The van der Waals surface area contributed by atoms with Gasteiger partial charge in [0.25, 0.3) is 5.91 Å². The van der Waals surface area contributed by atoms with E-state index in [0.717, 1.165) is 12.0 Å². The fraction of sp³-hybridized carbons (Fsp3) is 0.200. The molecule has 9 heteroatoms. The molecule has 0 heterocycles. The van der Waals surface area contributed by atoms with Crippen LogP contribution >= 0.6 is 0 Å². The Morgan fingerprint density at radius 2 is 1.74 bits per heavy atom. The van der Waals surface area contributed by atoms with Gasteiger partial charge in [0.2, 0.25) is 0 Å². The van der Waals surface area contributed by atoms with E-state index in [1.54, 1.807) is 48.5 Å². The lowest BCUT2D eigenvalue weighted by Crippen LogP contribution is -2.18. The summed E-state index contributed by atoms with van der Waals surface area (Å²) in [5.41, 5.74) is 4.05. The summed E-state index contributed by atoms with van der Waals surface area (Å²) in [6.07, 6.45) is 2.16. The standard InChI is InChI=1S/C25H26N2O6S/c1-4-15-32-23-14-11-19(16-24(23)31-3)25(28)27-26-17-20-7-5-6-8-22(20)33-34(29,30)21-12-9-18(2)10-13-21/h5-14,16-17H,4,15H2,1-3H3,(H,27,28)/b26-17+. The number of aryl methyl sites for hydroxylation is 1. The summed E-state index contributed by atoms with van der Waals surface area (Å²) in [6, 6.07) is 17.6. The molecule has 0 bridgehead atoms. The highest BCUT2D eigenvalue weighted by Gasteiger charge is 2.18. The number of carbonyl (C=O) groups is 1. The Kier molecular flexibility index (Phi) is 8.26. The summed E-state index contributed by atoms with van der Waals surface area (Å²) in [5.74, 6) is 0.595. The second kappa shape index (κ2) is 11.3. The molecule has 0 saturated heterocycles. The van der Waals surface area contributed by atoms with Crippen LogP contribution in [0.25, 0.3) is 0 Å². The van der Waals surface area contributed by atoms with E-state index in [-0.39, 0.29) is 10.6 Å². The molecule has 0 fully saturated rings. The molecule has 3 rings (SSSR count). The van der Waals surface area contributed by atoms with Crippen LogP contribution in [0.2, 0.25) is 0 Å². The van der Waals surface area contributed by atoms with E-state index in [2.05, 4.69) is 10.5 Å². The molecular weight excluding hydrogens is 456 g/mol. The van der Waals surface area contributed by atoms with Gasteiger partial charge in [-0.15, -0.1) is 0 Å². The number of hydrogen-bond acceptors (Lipinski definition) is 7. The lowest BCUT2D eigenvalue weighted by Gasteiger charge is -2.11. The predicted molar refractivity (Wildman–Crippen MR) is 129 cm³/mol. The van der Waals surface area contributed by atoms with E-state index in [9.17, 15) is 13.2 Å². The first-order valence-electron chi connectivity index (χ1n) is 10.6. The summed E-state index contributed by atoms with van der Waals surface area (Å²) in [4.78, 5) is 12.5. The predicted octanol–water partition coefficient (Wildman–Crippen LogP) is 4.32. The fourth-order valence-electron chi connectivity index (χ4n) is 2.90. The first-order valence-corrected chi connectivity index (χ1v) is 12.0. The third-order valence-electron chi connectivity index (χ3n) is 4.69. The Morgan fingerprint density at radius 3 is 2.44 bits per heavy atom. The number of methoxy groups -OCH3 is 1. The molecule has 1 amide bonds. The van der Waals surface area contributed by atoms with Gasteiger partial charge in [0, 0.05) is 11.1 Å². The number of amides is 1. The van der Waals surface area contributed by atoms with Crippen LogP contribution in [0.1, 0.15) is 34.8 Å². The van der Waals surface area contributed by atoms with Crippen molar-refractivity contribution in [3.05, 3.63) is 83.4 Å². The Bertz CT molecular complexity index is 1270. The van der Waals surface area contributed by atoms with E-state index in [1.807, 2.05) is 13.8 Å². The number of rotatable bonds is 10. The number of hydrogen-bond donors (Lipinski definition) is 1. The van der Waals surface area contributed by atoms with Gasteiger partial charge in [-0.2, -0.15) is 13.5 Å². The third-order valence-corrected chi connectivity index (χ3v) is 5.93. The monoisotopic (exact) mass is 482 g/mol. The number of hydrazone groups is 1. The average Bonchev–Trinajstić information content (AvgIpc) is 2.83. The number of nitrogens with zero attached hydrogens (tertiary/aromatic N) is 1. The fourth-order valence-corrected chi connectivity index (χ4v) is 3.85. The smallest absolute Gasteiger partial charge is 0.339 e. The molecule has 3 aromatic rings. The van der Waals surface area contributed by atoms with E-state index in [4.69, 9.17) is 13.7 Å². The highest BCUT2D eigenvalue weighted by Crippen LogP contribution is 2.28. The number of para-hydroxylation sites is 1. The molecule has 0 saturated carbocycles. The van der Waals surface area contributed by atoms with Crippen LogP contribution in [0.15, 0.2) is 76.7 Å². The van der Waals surface area contributed by atoms with Crippen LogP contribution < -0.4 is 19.1 Å². The lowest BCUT2D eigenvalue weighted by molar-refractivity contribution is 0.0954. The van der Waals surface area contributed by atoms with Crippen LogP contribution in [0.4, 0.5) is 0 Å². The van der Waals surface area contributed by atoms with Gasteiger partial charge in [-0.25, -0.2) is 5.43 Å². The Hall–Kier alpha value is -3.85. The molecule has 34 heavy (non-hydrogen) atoms. The Labute approximate surface area is 199 Å². The lowest BCUT2D eigenvalue weighted by atomic mass is 10.2. The van der Waals surface area contributed by atoms with E-state index >= 15 is 0 Å². The summed E-state index contributed by atoms with van der Waals surface area (Å²) in [5, 5.41) is 3.95. The minimum atomic E-state index is -4.03. The second-order valence-electron chi connectivity index (χ2n) is 7.30. The summed E-state index contributed by atoms with van der Waals surface area (Å²) < 4.78 is 41.5. The molecule has 0 aliphatic heterocycles. The van der Waals surface area contributed by atoms with Crippen molar-refractivity contribution in [2.24, 2.45) is 5.10 Å². The minimum Gasteiger partial charge on any atom is -0.493 e. The quantitative estimate of drug-likeness (QED) is 0.262. The molecule has 178 valence electrons. The zero-order valence-electron chi connectivity index (χ0n) is 19.1. The zero-order valence-corrected chi connectivity index (χ0v) is 20.0. The van der Waals surface area contributed by atoms with E-state index < -0.39 is 16.0 Å². The summed E-state index contributed by atoms with van der Waals surface area (Å²) in [6.45, 7) is 4.39. The topological polar surface area (TPSA) is 103 Å². The molecule has 0 aromatic heterocycles.